The highest BCUT2D eigenvalue weighted by Crippen LogP contribution is 2.27. The van der Waals surface area contributed by atoms with Gasteiger partial charge in [0.2, 0.25) is 0 Å². The molecule has 1 fully saturated rings. The fraction of sp³-hybridized carbons (Fsp3) is 0.320. The molecule has 1 aliphatic heterocycles. The maximum Gasteiger partial charge on any atom is 0.314 e. The second-order valence-electron chi connectivity index (χ2n) is 8.41. The number of aryl methyl sites for hydroxylation is 1. The van der Waals surface area contributed by atoms with Crippen molar-refractivity contribution in [3.05, 3.63) is 77.5 Å². The Bertz CT molecular complexity index is 1110. The van der Waals surface area contributed by atoms with E-state index in [4.69, 9.17) is 0 Å². The topological polar surface area (TPSA) is 99.5 Å². The van der Waals surface area contributed by atoms with Gasteiger partial charge in [-0.3, -0.25) is 14.5 Å². The molecule has 0 aliphatic carbocycles. The highest BCUT2D eigenvalue weighted by atomic mass is 16.3. The molecule has 3 N–H and O–H groups in total. The van der Waals surface area contributed by atoms with Crippen molar-refractivity contribution >= 4 is 17.6 Å². The first-order valence-electron chi connectivity index (χ1n) is 11.2. The molecule has 0 radical (unpaired) electrons. The van der Waals surface area contributed by atoms with Crippen molar-refractivity contribution in [1.29, 1.82) is 0 Å². The van der Waals surface area contributed by atoms with Gasteiger partial charge in [-0.15, -0.1) is 0 Å². The highest BCUT2D eigenvalue weighted by molar-refractivity contribution is 6.39. The molecule has 1 saturated heterocycles. The minimum atomic E-state index is -0.713. The number of benzene rings is 2. The number of nitrogens with one attached hydrogen (secondary N) is 2. The molecule has 1 aromatic heterocycles. The summed E-state index contributed by atoms with van der Waals surface area (Å²) in [7, 11) is 0. The fourth-order valence-corrected chi connectivity index (χ4v) is 4.16. The third-order valence-electron chi connectivity index (χ3n) is 5.87. The lowest BCUT2D eigenvalue weighted by molar-refractivity contribution is -0.136. The molecule has 2 aromatic carbocycles. The maximum absolute atomic E-state index is 12.5. The number of carbonyl (C=O) groups is 2. The number of hydrogen-bond donors (Lipinski definition) is 3. The van der Waals surface area contributed by atoms with Crippen LogP contribution < -0.4 is 10.6 Å². The Kier molecular flexibility index (Phi) is 7.04. The number of amides is 2. The normalized spacial score (nSPS) is 16.0. The molecule has 0 unspecified atom stereocenters. The van der Waals surface area contributed by atoms with Crippen molar-refractivity contribution in [1.82, 2.24) is 20.0 Å². The predicted octanol–water partition coefficient (Wildman–Crippen LogP) is 2.64. The van der Waals surface area contributed by atoms with Gasteiger partial charge in [-0.05, 0) is 43.0 Å². The first-order valence-corrected chi connectivity index (χ1v) is 11.2. The molecule has 4 rings (SSSR count). The number of likely N-dealkylation sites (tertiary alicyclic amines) is 1. The summed E-state index contributed by atoms with van der Waals surface area (Å²) in [5.74, 6) is -0.668. The summed E-state index contributed by atoms with van der Waals surface area (Å²) in [4.78, 5) is 27.2. The van der Waals surface area contributed by atoms with Gasteiger partial charge in [-0.1, -0.05) is 42.5 Å². The lowest BCUT2D eigenvalue weighted by Crippen LogP contribution is -2.37. The molecule has 8 nitrogen and oxygen atoms in total. The van der Waals surface area contributed by atoms with Crippen molar-refractivity contribution in [3.63, 3.8) is 0 Å². The van der Waals surface area contributed by atoms with Crippen molar-refractivity contribution in [2.24, 2.45) is 0 Å². The van der Waals surface area contributed by atoms with E-state index in [1.807, 2.05) is 35.9 Å². The Morgan fingerprint density at radius 3 is 2.67 bits per heavy atom. The summed E-state index contributed by atoms with van der Waals surface area (Å²) in [5.41, 5.74) is 2.97. The van der Waals surface area contributed by atoms with E-state index in [0.29, 0.717) is 18.8 Å². The predicted molar refractivity (Wildman–Crippen MR) is 126 cm³/mol. The third kappa shape index (κ3) is 5.78. The van der Waals surface area contributed by atoms with Crippen LogP contribution in [0.4, 0.5) is 5.82 Å². The van der Waals surface area contributed by atoms with Crippen LogP contribution in [0.3, 0.4) is 0 Å². The van der Waals surface area contributed by atoms with Crippen molar-refractivity contribution < 1.29 is 14.7 Å². The molecular formula is C25H29N5O3. The van der Waals surface area contributed by atoms with Crippen molar-refractivity contribution in [2.45, 2.75) is 32.4 Å². The van der Waals surface area contributed by atoms with E-state index in [1.54, 1.807) is 24.4 Å². The average molecular weight is 448 g/mol. The maximum atomic E-state index is 12.5. The van der Waals surface area contributed by atoms with Crippen LogP contribution in [0.15, 0.2) is 60.8 Å². The van der Waals surface area contributed by atoms with Crippen LogP contribution in [0.2, 0.25) is 0 Å². The van der Waals surface area contributed by atoms with Crippen LogP contribution in [0.1, 0.15) is 29.2 Å². The second kappa shape index (κ2) is 10.3. The Morgan fingerprint density at radius 2 is 1.88 bits per heavy atom. The van der Waals surface area contributed by atoms with Crippen LogP contribution in [-0.2, 0) is 22.6 Å². The van der Waals surface area contributed by atoms with Crippen LogP contribution in [0.25, 0.3) is 0 Å². The van der Waals surface area contributed by atoms with Crippen molar-refractivity contribution in [3.8, 4) is 5.75 Å². The molecule has 1 atom stereocenters. The van der Waals surface area contributed by atoms with Gasteiger partial charge in [-0.25, -0.2) is 4.68 Å². The second-order valence-corrected chi connectivity index (χ2v) is 8.41. The first-order chi connectivity index (χ1) is 16.0. The minimum Gasteiger partial charge on any atom is -0.508 e. The number of nitrogens with zero attached hydrogens (tertiary/aromatic N) is 3. The van der Waals surface area contributed by atoms with Crippen LogP contribution in [-0.4, -0.2) is 51.2 Å². The molecule has 0 saturated carbocycles. The van der Waals surface area contributed by atoms with E-state index < -0.39 is 11.8 Å². The number of carbonyl (C=O) groups excluding carboxylic acids is 2. The van der Waals surface area contributed by atoms with Crippen LogP contribution in [0, 0.1) is 6.92 Å². The van der Waals surface area contributed by atoms with Gasteiger partial charge in [-0.2, -0.15) is 5.10 Å². The lowest BCUT2D eigenvalue weighted by atomic mass is 10.1. The van der Waals surface area contributed by atoms with Gasteiger partial charge in [0.05, 0.1) is 12.2 Å². The molecule has 2 amide bonds. The van der Waals surface area contributed by atoms with E-state index in [2.05, 4.69) is 32.8 Å². The molecule has 33 heavy (non-hydrogen) atoms. The number of phenols is 1. The van der Waals surface area contributed by atoms with Crippen molar-refractivity contribution in [2.75, 3.05) is 25.0 Å². The number of aromatic nitrogens is 2. The molecule has 172 valence electrons. The number of hydrogen-bond acceptors (Lipinski definition) is 5. The largest absolute Gasteiger partial charge is 0.508 e. The average Bonchev–Trinajstić information content (AvgIpc) is 3.41. The van der Waals surface area contributed by atoms with Crippen LogP contribution in [0.5, 0.6) is 5.75 Å². The standard InChI is InChI=1S/C25H29N5O3/c1-18-15-27-30(21-11-13-29(17-21)16-20-6-3-2-4-7-20)23(18)28-25(33)24(32)26-12-10-19-8-5-9-22(31)14-19/h2-9,14-15,21,31H,10-13,16-17H2,1H3,(H,26,32)(H,28,33)/t21-/m0/s1. The molecule has 0 bridgehead atoms. The highest BCUT2D eigenvalue weighted by Gasteiger charge is 2.28. The summed E-state index contributed by atoms with van der Waals surface area (Å²) in [6, 6.07) is 17.3. The van der Waals surface area contributed by atoms with Gasteiger partial charge in [0.25, 0.3) is 0 Å². The number of phenolic OH excluding ortho intramolecular Hbond substituents is 1. The van der Waals surface area contributed by atoms with E-state index in [1.165, 1.54) is 5.56 Å². The van der Waals surface area contributed by atoms with E-state index >= 15 is 0 Å². The SMILES string of the molecule is Cc1cnn([C@H]2CCN(Cc3ccccc3)C2)c1NC(=O)C(=O)NCCc1cccc(O)c1. The van der Waals surface area contributed by atoms with E-state index in [-0.39, 0.29) is 11.8 Å². The summed E-state index contributed by atoms with van der Waals surface area (Å²) >= 11 is 0. The third-order valence-corrected chi connectivity index (χ3v) is 5.87. The molecule has 8 heteroatoms. The summed E-state index contributed by atoms with van der Waals surface area (Å²) < 4.78 is 1.83. The molecule has 3 aromatic rings. The van der Waals surface area contributed by atoms with E-state index in [9.17, 15) is 14.7 Å². The Balaban J connectivity index is 1.32. The summed E-state index contributed by atoms with van der Waals surface area (Å²) in [6.07, 6.45) is 3.16. The fourth-order valence-electron chi connectivity index (χ4n) is 4.16. The van der Waals surface area contributed by atoms with Crippen LogP contribution >= 0.6 is 0 Å². The quantitative estimate of drug-likeness (QED) is 0.484. The Labute approximate surface area is 193 Å². The zero-order valence-electron chi connectivity index (χ0n) is 18.7. The zero-order chi connectivity index (χ0) is 23.2. The van der Waals surface area contributed by atoms with Gasteiger partial charge >= 0.3 is 11.8 Å². The van der Waals surface area contributed by atoms with Gasteiger partial charge in [0, 0.05) is 31.7 Å². The minimum absolute atomic E-state index is 0.131. The molecular weight excluding hydrogens is 418 g/mol. The van der Waals surface area contributed by atoms with E-state index in [0.717, 1.165) is 37.2 Å². The Morgan fingerprint density at radius 1 is 1.09 bits per heavy atom. The van der Waals surface area contributed by atoms with Gasteiger partial charge in [0.15, 0.2) is 0 Å². The molecule has 2 heterocycles. The lowest BCUT2D eigenvalue weighted by Gasteiger charge is -2.18. The smallest absolute Gasteiger partial charge is 0.314 e. The number of anilines is 1. The monoisotopic (exact) mass is 447 g/mol. The zero-order valence-corrected chi connectivity index (χ0v) is 18.7. The summed E-state index contributed by atoms with van der Waals surface area (Å²) in [5, 5.41) is 19.4. The molecule has 1 aliphatic rings. The number of aromatic hydroxyl groups is 1. The molecule has 0 spiro atoms. The Hall–Kier alpha value is -3.65. The first kappa shape index (κ1) is 22.5. The summed E-state index contributed by atoms with van der Waals surface area (Å²) in [6.45, 7) is 4.82. The number of rotatable bonds is 7. The van der Waals surface area contributed by atoms with Gasteiger partial charge < -0.3 is 15.7 Å². The van der Waals surface area contributed by atoms with Gasteiger partial charge in [0.1, 0.15) is 11.6 Å².